The predicted octanol–water partition coefficient (Wildman–Crippen LogP) is 1.67. The van der Waals surface area contributed by atoms with Gasteiger partial charge in [0.2, 0.25) is 5.91 Å². The Bertz CT molecular complexity index is 585. The van der Waals surface area contributed by atoms with Crippen LogP contribution in [0.25, 0.3) is 0 Å². The zero-order valence-electron chi connectivity index (χ0n) is 11.1. The van der Waals surface area contributed by atoms with Crippen LogP contribution in [0.2, 0.25) is 0 Å². The largest absolute Gasteiger partial charge is 0.398 e. The lowest BCUT2D eigenvalue weighted by atomic mass is 10.3. The number of hydrogen-bond donors (Lipinski definition) is 1. The quantitative estimate of drug-likeness (QED) is 0.839. The molecule has 0 aliphatic carbocycles. The fraction of sp³-hybridized carbons (Fsp3) is 0.417. The van der Waals surface area contributed by atoms with Gasteiger partial charge in [0.15, 0.2) is 9.84 Å². The van der Waals surface area contributed by atoms with E-state index in [-0.39, 0.29) is 16.6 Å². The molecule has 2 N–H and O–H groups in total. The topological polar surface area (TPSA) is 80.5 Å². The first kappa shape index (κ1) is 16.0. The van der Waals surface area contributed by atoms with Crippen LogP contribution in [0.4, 0.5) is 5.69 Å². The Morgan fingerprint density at radius 1 is 1.42 bits per heavy atom. The number of hydrogen-bond acceptors (Lipinski definition) is 4. The zero-order chi connectivity index (χ0) is 14.8. The summed E-state index contributed by atoms with van der Waals surface area (Å²) in [6.45, 7) is 3.63. The van der Waals surface area contributed by atoms with Crippen LogP contribution in [0.5, 0.6) is 0 Å². The summed E-state index contributed by atoms with van der Waals surface area (Å²) in [5.74, 6) is -1.03. The Morgan fingerprint density at radius 3 is 2.53 bits per heavy atom. The molecule has 106 valence electrons. The molecule has 0 atom stereocenters. The van der Waals surface area contributed by atoms with E-state index in [1.165, 1.54) is 17.0 Å². The van der Waals surface area contributed by atoms with Gasteiger partial charge in [0.05, 0.1) is 10.6 Å². The Balaban J connectivity index is 3.06. The monoisotopic (exact) mass is 348 g/mol. The van der Waals surface area contributed by atoms with Gasteiger partial charge in [-0.05, 0) is 32.0 Å². The fourth-order valence-electron chi connectivity index (χ4n) is 1.41. The van der Waals surface area contributed by atoms with E-state index in [1.807, 2.05) is 13.8 Å². The van der Waals surface area contributed by atoms with Gasteiger partial charge in [-0.25, -0.2) is 8.42 Å². The number of halogens is 1. The first-order valence-corrected chi connectivity index (χ1v) is 8.13. The molecule has 0 aromatic heterocycles. The molecule has 1 aromatic rings. The standard InChI is InChI=1S/C12H17BrN2O3S/c1-8(2)15(3)12(16)7-19(17,18)11-6-9(13)4-5-10(11)14/h4-6,8H,7,14H2,1-3H3. The zero-order valence-corrected chi connectivity index (χ0v) is 13.5. The van der Waals surface area contributed by atoms with Gasteiger partial charge in [-0.3, -0.25) is 4.79 Å². The van der Waals surface area contributed by atoms with Crippen LogP contribution < -0.4 is 5.73 Å². The number of benzene rings is 1. The van der Waals surface area contributed by atoms with E-state index < -0.39 is 21.5 Å². The van der Waals surface area contributed by atoms with Gasteiger partial charge in [-0.15, -0.1) is 0 Å². The molecule has 0 fully saturated rings. The van der Waals surface area contributed by atoms with Gasteiger partial charge in [-0.2, -0.15) is 0 Å². The van der Waals surface area contributed by atoms with Crippen LogP contribution in [-0.4, -0.2) is 38.1 Å². The van der Waals surface area contributed by atoms with Crippen LogP contribution in [0.1, 0.15) is 13.8 Å². The minimum Gasteiger partial charge on any atom is -0.398 e. The lowest BCUT2D eigenvalue weighted by Gasteiger charge is -2.21. The highest BCUT2D eigenvalue weighted by molar-refractivity contribution is 9.10. The Morgan fingerprint density at radius 2 is 2.00 bits per heavy atom. The third-order valence-electron chi connectivity index (χ3n) is 2.79. The van der Waals surface area contributed by atoms with Gasteiger partial charge < -0.3 is 10.6 Å². The van der Waals surface area contributed by atoms with Crippen molar-refractivity contribution in [2.75, 3.05) is 18.5 Å². The summed E-state index contributed by atoms with van der Waals surface area (Å²) in [5.41, 5.74) is 5.80. The molecule has 0 aliphatic heterocycles. The highest BCUT2D eigenvalue weighted by atomic mass is 79.9. The van der Waals surface area contributed by atoms with Crippen molar-refractivity contribution >= 4 is 37.4 Å². The highest BCUT2D eigenvalue weighted by Crippen LogP contribution is 2.24. The highest BCUT2D eigenvalue weighted by Gasteiger charge is 2.24. The molecule has 1 amide bonds. The summed E-state index contributed by atoms with van der Waals surface area (Å²) in [6, 6.07) is 4.50. The van der Waals surface area contributed by atoms with Crippen molar-refractivity contribution < 1.29 is 13.2 Å². The third-order valence-corrected chi connectivity index (χ3v) is 4.94. The second-order valence-corrected chi connectivity index (χ2v) is 7.41. The maximum atomic E-state index is 12.2. The number of nitrogens with zero attached hydrogens (tertiary/aromatic N) is 1. The van der Waals surface area contributed by atoms with Crippen LogP contribution in [0.15, 0.2) is 27.6 Å². The number of rotatable bonds is 4. The lowest BCUT2D eigenvalue weighted by Crippen LogP contribution is -2.37. The maximum Gasteiger partial charge on any atom is 0.238 e. The van der Waals surface area contributed by atoms with Crippen LogP contribution >= 0.6 is 15.9 Å². The molecule has 0 unspecified atom stereocenters. The molecule has 0 aliphatic rings. The normalized spacial score (nSPS) is 11.6. The fourth-order valence-corrected chi connectivity index (χ4v) is 3.34. The molecule has 1 aromatic carbocycles. The first-order valence-electron chi connectivity index (χ1n) is 5.68. The van der Waals surface area contributed by atoms with Gasteiger partial charge in [0.25, 0.3) is 0 Å². The number of carbonyl (C=O) groups excluding carboxylic acids is 1. The Labute approximate surface area is 121 Å². The molecule has 1 rings (SSSR count). The molecule has 0 bridgehead atoms. The summed E-state index contributed by atoms with van der Waals surface area (Å²) >= 11 is 3.19. The number of anilines is 1. The van der Waals surface area contributed by atoms with E-state index in [4.69, 9.17) is 5.73 Å². The molecule has 0 radical (unpaired) electrons. The van der Waals surface area contributed by atoms with E-state index in [9.17, 15) is 13.2 Å². The summed E-state index contributed by atoms with van der Waals surface area (Å²) < 4.78 is 25.0. The lowest BCUT2D eigenvalue weighted by molar-refractivity contribution is -0.128. The molecular weight excluding hydrogens is 332 g/mol. The number of amides is 1. The molecular formula is C12H17BrN2O3S. The second-order valence-electron chi connectivity index (χ2n) is 4.54. The smallest absolute Gasteiger partial charge is 0.238 e. The molecule has 5 nitrogen and oxygen atoms in total. The number of carbonyl (C=O) groups is 1. The van der Waals surface area contributed by atoms with E-state index in [0.29, 0.717) is 4.47 Å². The summed E-state index contributed by atoms with van der Waals surface area (Å²) in [4.78, 5) is 13.2. The third kappa shape index (κ3) is 3.94. The van der Waals surface area contributed by atoms with Crippen LogP contribution in [0.3, 0.4) is 0 Å². The van der Waals surface area contributed by atoms with Crippen molar-refractivity contribution in [3.63, 3.8) is 0 Å². The van der Waals surface area contributed by atoms with Crippen LogP contribution in [-0.2, 0) is 14.6 Å². The van der Waals surface area contributed by atoms with E-state index >= 15 is 0 Å². The maximum absolute atomic E-state index is 12.2. The molecule has 0 spiro atoms. The SMILES string of the molecule is CC(C)N(C)C(=O)CS(=O)(=O)c1cc(Br)ccc1N. The Kier molecular flexibility index (Phi) is 4.98. The summed E-state index contributed by atoms with van der Waals surface area (Å²) in [7, 11) is -2.16. The molecule has 0 heterocycles. The molecule has 19 heavy (non-hydrogen) atoms. The van der Waals surface area contributed by atoms with Crippen molar-refractivity contribution in [2.45, 2.75) is 24.8 Å². The summed E-state index contributed by atoms with van der Waals surface area (Å²) in [6.07, 6.45) is 0. The van der Waals surface area contributed by atoms with E-state index in [0.717, 1.165) is 0 Å². The van der Waals surface area contributed by atoms with Crippen LogP contribution in [0, 0.1) is 0 Å². The Hall–Kier alpha value is -1.08. The van der Waals surface area contributed by atoms with E-state index in [2.05, 4.69) is 15.9 Å². The van der Waals surface area contributed by atoms with Gasteiger partial charge in [0, 0.05) is 17.6 Å². The summed E-state index contributed by atoms with van der Waals surface area (Å²) in [5, 5.41) is 0. The number of nitrogens with two attached hydrogens (primary N) is 1. The van der Waals surface area contributed by atoms with E-state index in [1.54, 1.807) is 13.1 Å². The van der Waals surface area contributed by atoms with Gasteiger partial charge >= 0.3 is 0 Å². The number of nitrogen functional groups attached to an aromatic ring is 1. The molecule has 0 saturated heterocycles. The van der Waals surface area contributed by atoms with Gasteiger partial charge in [-0.1, -0.05) is 15.9 Å². The predicted molar refractivity (Wildman–Crippen MR) is 78.5 cm³/mol. The van der Waals surface area contributed by atoms with Crippen molar-refractivity contribution in [1.82, 2.24) is 4.90 Å². The van der Waals surface area contributed by atoms with Crippen molar-refractivity contribution in [2.24, 2.45) is 0 Å². The molecule has 7 heteroatoms. The second kappa shape index (κ2) is 5.92. The molecule has 0 saturated carbocycles. The minimum absolute atomic E-state index is 0.0209. The average molecular weight is 349 g/mol. The number of sulfone groups is 1. The first-order chi connectivity index (χ1) is 8.65. The minimum atomic E-state index is -3.74. The van der Waals surface area contributed by atoms with Crippen molar-refractivity contribution in [1.29, 1.82) is 0 Å². The van der Waals surface area contributed by atoms with Crippen molar-refractivity contribution in [3.05, 3.63) is 22.7 Å². The average Bonchev–Trinajstić information content (AvgIpc) is 2.30. The van der Waals surface area contributed by atoms with Gasteiger partial charge in [0.1, 0.15) is 5.75 Å². The van der Waals surface area contributed by atoms with Crippen molar-refractivity contribution in [3.8, 4) is 0 Å².